The van der Waals surface area contributed by atoms with Gasteiger partial charge in [0.05, 0.1) is 4.90 Å². The van der Waals surface area contributed by atoms with E-state index in [1.165, 1.54) is 25.3 Å². The van der Waals surface area contributed by atoms with Crippen LogP contribution in [0.4, 0.5) is 0 Å². The number of rotatable bonds is 3. The number of benzene rings is 1. The zero-order chi connectivity index (χ0) is 18.7. The Labute approximate surface area is 149 Å². The number of nitrogens with one attached hydrogen (secondary N) is 3. The summed E-state index contributed by atoms with van der Waals surface area (Å²) in [7, 11) is -3.68. The van der Waals surface area contributed by atoms with Crippen LogP contribution in [0.1, 0.15) is 23.0 Å². The Kier molecular flexibility index (Phi) is 4.67. The number of sulfonamides is 1. The van der Waals surface area contributed by atoms with Gasteiger partial charge in [0.2, 0.25) is 0 Å². The highest BCUT2D eigenvalue weighted by Crippen LogP contribution is 2.22. The van der Waals surface area contributed by atoms with E-state index < -0.39 is 27.9 Å². The Morgan fingerprint density at radius 2 is 1.85 bits per heavy atom. The van der Waals surface area contributed by atoms with Crippen molar-refractivity contribution in [3.05, 3.63) is 59.9 Å². The van der Waals surface area contributed by atoms with Gasteiger partial charge in [-0.1, -0.05) is 18.2 Å². The lowest BCUT2D eigenvalue weighted by molar-refractivity contribution is -0.122. The van der Waals surface area contributed by atoms with Crippen molar-refractivity contribution in [1.82, 2.24) is 20.6 Å². The minimum atomic E-state index is -3.68. The summed E-state index contributed by atoms with van der Waals surface area (Å²) in [6.45, 7) is 1.48. The van der Waals surface area contributed by atoms with Gasteiger partial charge in [-0.15, -0.1) is 0 Å². The number of carbonyl (C=O) groups excluding carboxylic acids is 2. The Morgan fingerprint density at radius 3 is 2.58 bits per heavy atom. The van der Waals surface area contributed by atoms with Crippen molar-refractivity contribution in [2.75, 3.05) is 0 Å². The number of hydrazine groups is 1. The van der Waals surface area contributed by atoms with Crippen LogP contribution in [-0.2, 0) is 14.8 Å². The molecule has 0 spiro atoms. The van der Waals surface area contributed by atoms with Gasteiger partial charge in [0.15, 0.2) is 0 Å². The van der Waals surface area contributed by atoms with E-state index in [4.69, 9.17) is 0 Å². The molecule has 0 bridgehead atoms. The quantitative estimate of drug-likeness (QED) is 0.651. The molecule has 2 aromatic rings. The van der Waals surface area contributed by atoms with Crippen molar-refractivity contribution in [2.24, 2.45) is 4.99 Å². The normalized spacial score (nSPS) is 17.0. The fourth-order valence-electron chi connectivity index (χ4n) is 2.27. The average molecular weight is 373 g/mol. The molecule has 0 saturated carbocycles. The highest BCUT2D eigenvalue weighted by molar-refractivity contribution is 7.90. The number of pyridine rings is 1. The van der Waals surface area contributed by atoms with Crippen LogP contribution >= 0.6 is 0 Å². The zero-order valence-electron chi connectivity index (χ0n) is 13.6. The molecule has 1 aromatic heterocycles. The Hall–Kier alpha value is -3.27. The number of amidine groups is 1. The summed E-state index contributed by atoms with van der Waals surface area (Å²) in [6, 6.07) is 10.2. The Bertz CT molecular complexity index is 989. The maximum absolute atomic E-state index is 12.1. The number of hydrogen-bond donors (Lipinski definition) is 3. The van der Waals surface area contributed by atoms with Crippen LogP contribution in [-0.4, -0.2) is 37.1 Å². The van der Waals surface area contributed by atoms with Crippen LogP contribution in [0.25, 0.3) is 0 Å². The molecule has 0 fully saturated rings. The SMILES string of the molecule is CC(N=C1NS(=O)(=O)c2ccccc21)C(=O)NNC(=O)c1ccccn1. The van der Waals surface area contributed by atoms with Crippen LogP contribution < -0.4 is 15.6 Å². The molecule has 1 atom stereocenters. The molecule has 2 amide bonds. The number of fused-ring (bicyclic) bond motifs is 1. The summed E-state index contributed by atoms with van der Waals surface area (Å²) in [6.07, 6.45) is 1.45. The van der Waals surface area contributed by atoms with Crippen molar-refractivity contribution in [3.8, 4) is 0 Å². The molecular formula is C16H15N5O4S. The smallest absolute Gasteiger partial charge is 0.271 e. The molecule has 3 rings (SSSR count). The van der Waals surface area contributed by atoms with Gasteiger partial charge in [0.1, 0.15) is 17.6 Å². The minimum Gasteiger partial charge on any atom is -0.271 e. The maximum atomic E-state index is 12.1. The highest BCUT2D eigenvalue weighted by Gasteiger charge is 2.31. The molecule has 2 heterocycles. The molecule has 10 heteroatoms. The van der Waals surface area contributed by atoms with Crippen molar-refractivity contribution >= 4 is 27.7 Å². The molecule has 0 radical (unpaired) electrons. The summed E-state index contributed by atoms with van der Waals surface area (Å²) in [5, 5.41) is 0. The molecule has 1 aromatic carbocycles. The lowest BCUT2D eigenvalue weighted by Crippen LogP contribution is -2.45. The third-order valence-electron chi connectivity index (χ3n) is 3.56. The third-order valence-corrected chi connectivity index (χ3v) is 4.96. The van der Waals surface area contributed by atoms with Crippen molar-refractivity contribution in [1.29, 1.82) is 0 Å². The number of nitrogens with zero attached hydrogens (tertiary/aromatic N) is 2. The highest BCUT2D eigenvalue weighted by atomic mass is 32.2. The lowest BCUT2D eigenvalue weighted by atomic mass is 10.2. The van der Waals surface area contributed by atoms with E-state index in [1.54, 1.807) is 30.3 Å². The maximum Gasteiger partial charge on any atom is 0.288 e. The lowest BCUT2D eigenvalue weighted by Gasteiger charge is -2.10. The van der Waals surface area contributed by atoms with E-state index in [2.05, 4.69) is 25.6 Å². The number of amides is 2. The van der Waals surface area contributed by atoms with Crippen molar-refractivity contribution in [2.45, 2.75) is 17.9 Å². The van der Waals surface area contributed by atoms with Gasteiger partial charge in [-0.25, -0.2) is 8.42 Å². The van der Waals surface area contributed by atoms with Gasteiger partial charge in [-0.3, -0.25) is 35.1 Å². The first-order chi connectivity index (χ1) is 12.4. The van der Waals surface area contributed by atoms with Gasteiger partial charge in [-0.05, 0) is 31.2 Å². The fourth-order valence-corrected chi connectivity index (χ4v) is 3.51. The second kappa shape index (κ2) is 6.92. The standard InChI is InChI=1S/C16H15N5O4S/c1-10(15(22)19-20-16(23)12-7-4-5-9-17-12)18-14-11-6-2-3-8-13(11)26(24,25)21-14/h2-10H,1H3,(H,18,21)(H,19,22)(H,20,23). The second-order valence-corrected chi connectivity index (χ2v) is 7.06. The third kappa shape index (κ3) is 3.54. The second-order valence-electron chi connectivity index (χ2n) is 5.41. The van der Waals surface area contributed by atoms with Crippen LogP contribution in [0.2, 0.25) is 0 Å². The van der Waals surface area contributed by atoms with E-state index in [9.17, 15) is 18.0 Å². The summed E-state index contributed by atoms with van der Waals surface area (Å²) >= 11 is 0. The number of aromatic nitrogens is 1. The zero-order valence-corrected chi connectivity index (χ0v) is 14.4. The topological polar surface area (TPSA) is 130 Å². The number of hydrogen-bond acceptors (Lipinski definition) is 6. The minimum absolute atomic E-state index is 0.0827. The predicted octanol–water partition coefficient (Wildman–Crippen LogP) is -0.0302. The van der Waals surface area contributed by atoms with Crippen LogP contribution in [0.3, 0.4) is 0 Å². The molecule has 26 heavy (non-hydrogen) atoms. The first-order valence-corrected chi connectivity index (χ1v) is 9.08. The average Bonchev–Trinajstić information content (AvgIpc) is 2.90. The summed E-state index contributed by atoms with van der Waals surface area (Å²) in [5.74, 6) is -1.10. The van der Waals surface area contributed by atoms with Crippen molar-refractivity contribution in [3.63, 3.8) is 0 Å². The predicted molar refractivity (Wildman–Crippen MR) is 92.6 cm³/mol. The van der Waals surface area contributed by atoms with Gasteiger partial charge >= 0.3 is 0 Å². The summed E-state index contributed by atoms with van der Waals surface area (Å²) < 4.78 is 26.4. The van der Waals surface area contributed by atoms with Gasteiger partial charge in [-0.2, -0.15) is 0 Å². The van der Waals surface area contributed by atoms with Gasteiger partial charge < -0.3 is 0 Å². The van der Waals surface area contributed by atoms with Crippen LogP contribution in [0.15, 0.2) is 58.5 Å². The largest absolute Gasteiger partial charge is 0.288 e. The first-order valence-electron chi connectivity index (χ1n) is 7.60. The first kappa shape index (κ1) is 17.5. The Balaban J connectivity index is 1.68. The number of carbonyl (C=O) groups is 2. The monoisotopic (exact) mass is 373 g/mol. The molecule has 1 unspecified atom stereocenters. The Morgan fingerprint density at radius 1 is 1.12 bits per heavy atom. The van der Waals surface area contributed by atoms with E-state index in [0.717, 1.165) is 0 Å². The fraction of sp³-hybridized carbons (Fsp3) is 0.125. The van der Waals surface area contributed by atoms with E-state index in [-0.39, 0.29) is 16.4 Å². The van der Waals surface area contributed by atoms with E-state index >= 15 is 0 Å². The van der Waals surface area contributed by atoms with Crippen LogP contribution in [0, 0.1) is 0 Å². The van der Waals surface area contributed by atoms with E-state index in [0.29, 0.717) is 5.56 Å². The number of aliphatic imine (C=N–C) groups is 1. The molecule has 9 nitrogen and oxygen atoms in total. The molecular weight excluding hydrogens is 358 g/mol. The molecule has 0 saturated heterocycles. The molecule has 3 N–H and O–H groups in total. The summed E-state index contributed by atoms with van der Waals surface area (Å²) in [5.41, 5.74) is 5.00. The van der Waals surface area contributed by atoms with E-state index in [1.807, 2.05) is 0 Å². The van der Waals surface area contributed by atoms with Gasteiger partial charge in [0.25, 0.3) is 21.8 Å². The summed E-state index contributed by atoms with van der Waals surface area (Å²) in [4.78, 5) is 32.0. The molecule has 1 aliphatic heterocycles. The molecule has 1 aliphatic rings. The van der Waals surface area contributed by atoms with Crippen molar-refractivity contribution < 1.29 is 18.0 Å². The molecule has 0 aliphatic carbocycles. The van der Waals surface area contributed by atoms with Crippen LogP contribution in [0.5, 0.6) is 0 Å². The molecule has 134 valence electrons. The van der Waals surface area contributed by atoms with Gasteiger partial charge in [0, 0.05) is 11.8 Å².